The highest BCUT2D eigenvalue weighted by Crippen LogP contribution is 2.47. The molecule has 1 aliphatic carbocycles. The number of imide groups is 1. The largest absolute Gasteiger partial charge is 0.274 e. The molecule has 2 heterocycles. The van der Waals surface area contributed by atoms with E-state index in [1.807, 2.05) is 19.1 Å². The predicted octanol–water partition coefficient (Wildman–Crippen LogP) is 2.21. The van der Waals surface area contributed by atoms with E-state index in [9.17, 15) is 9.59 Å². The van der Waals surface area contributed by atoms with Crippen molar-refractivity contribution in [1.82, 2.24) is 4.98 Å². The summed E-state index contributed by atoms with van der Waals surface area (Å²) in [5, 5.41) is 0. The van der Waals surface area contributed by atoms with Crippen LogP contribution in [0.1, 0.15) is 37.8 Å². The highest BCUT2D eigenvalue weighted by molar-refractivity contribution is 6.22. The first-order valence-electron chi connectivity index (χ1n) is 6.43. The van der Waals surface area contributed by atoms with Gasteiger partial charge in [0.1, 0.15) is 5.82 Å². The Morgan fingerprint density at radius 3 is 2.61 bits per heavy atom. The van der Waals surface area contributed by atoms with Gasteiger partial charge in [-0.25, -0.2) is 9.88 Å². The lowest BCUT2D eigenvalue weighted by Gasteiger charge is -2.20. The Labute approximate surface area is 106 Å². The summed E-state index contributed by atoms with van der Waals surface area (Å²) in [4.78, 5) is 30.2. The van der Waals surface area contributed by atoms with Gasteiger partial charge >= 0.3 is 0 Å². The van der Waals surface area contributed by atoms with Crippen molar-refractivity contribution in [1.29, 1.82) is 0 Å². The number of rotatable bonds is 1. The molecule has 0 radical (unpaired) electrons. The Balaban J connectivity index is 1.98. The number of nitrogens with zero attached hydrogens (tertiary/aromatic N) is 2. The summed E-state index contributed by atoms with van der Waals surface area (Å²) >= 11 is 0. The first kappa shape index (κ1) is 11.4. The maximum atomic E-state index is 12.5. The van der Waals surface area contributed by atoms with E-state index in [-0.39, 0.29) is 11.8 Å². The number of hydrogen-bond donors (Lipinski definition) is 0. The van der Waals surface area contributed by atoms with Gasteiger partial charge in [0.25, 0.3) is 0 Å². The maximum absolute atomic E-state index is 12.5. The lowest BCUT2D eigenvalue weighted by Crippen LogP contribution is -2.35. The third-order valence-corrected chi connectivity index (χ3v) is 4.06. The van der Waals surface area contributed by atoms with Crippen molar-refractivity contribution >= 4 is 17.6 Å². The van der Waals surface area contributed by atoms with Crippen LogP contribution < -0.4 is 4.90 Å². The van der Waals surface area contributed by atoms with Crippen LogP contribution in [-0.2, 0) is 9.59 Å². The fraction of sp³-hybridized carbons (Fsp3) is 0.500. The molecule has 0 N–H and O–H groups in total. The lowest BCUT2D eigenvalue weighted by molar-refractivity contribution is -0.125. The van der Waals surface area contributed by atoms with Gasteiger partial charge in [0.15, 0.2) is 0 Å². The maximum Gasteiger partial charge on any atom is 0.241 e. The smallest absolute Gasteiger partial charge is 0.241 e. The van der Waals surface area contributed by atoms with Crippen molar-refractivity contribution in [3.8, 4) is 0 Å². The normalized spacial score (nSPS) is 22.2. The van der Waals surface area contributed by atoms with Crippen LogP contribution in [0.5, 0.6) is 0 Å². The Morgan fingerprint density at radius 2 is 1.94 bits per heavy atom. The summed E-state index contributed by atoms with van der Waals surface area (Å²) < 4.78 is 0. The van der Waals surface area contributed by atoms with Gasteiger partial charge in [0.2, 0.25) is 11.8 Å². The summed E-state index contributed by atoms with van der Waals surface area (Å²) in [5.41, 5.74) is 0.406. The van der Waals surface area contributed by atoms with Crippen LogP contribution in [0.25, 0.3) is 0 Å². The minimum absolute atomic E-state index is 0.0388. The fourth-order valence-electron chi connectivity index (χ4n) is 3.12. The van der Waals surface area contributed by atoms with Crippen LogP contribution in [-0.4, -0.2) is 16.8 Å². The van der Waals surface area contributed by atoms with E-state index in [0.717, 1.165) is 31.4 Å². The van der Waals surface area contributed by atoms with Gasteiger partial charge in [-0.3, -0.25) is 9.59 Å². The Morgan fingerprint density at radius 1 is 1.22 bits per heavy atom. The molecule has 1 aromatic rings. The van der Waals surface area contributed by atoms with Crippen LogP contribution in [0, 0.1) is 12.3 Å². The van der Waals surface area contributed by atoms with Gasteiger partial charge in [-0.2, -0.15) is 0 Å². The zero-order chi connectivity index (χ0) is 12.8. The van der Waals surface area contributed by atoms with Gasteiger partial charge in [0.05, 0.1) is 5.41 Å². The molecule has 0 atom stereocenters. The number of aryl methyl sites for hydroxylation is 1. The second-order valence-electron chi connectivity index (χ2n) is 5.34. The second-order valence-corrected chi connectivity index (χ2v) is 5.34. The molecule has 4 nitrogen and oxygen atoms in total. The van der Waals surface area contributed by atoms with Crippen molar-refractivity contribution < 1.29 is 9.59 Å². The molecular weight excluding hydrogens is 228 g/mol. The number of carbonyl (C=O) groups is 2. The average Bonchev–Trinajstić information content (AvgIpc) is 2.87. The van der Waals surface area contributed by atoms with Gasteiger partial charge in [-0.1, -0.05) is 18.9 Å². The van der Waals surface area contributed by atoms with Crippen molar-refractivity contribution in [2.45, 2.75) is 39.0 Å². The first-order valence-corrected chi connectivity index (χ1v) is 6.43. The third-order valence-electron chi connectivity index (χ3n) is 4.06. The van der Waals surface area contributed by atoms with E-state index < -0.39 is 5.41 Å². The lowest BCUT2D eigenvalue weighted by atomic mass is 9.84. The number of anilines is 1. The standard InChI is InChI=1S/C14H16N2O2/c1-10-5-4-6-11(15-10)16-12(17)9-14(13(16)18)7-2-3-8-14/h4-6H,2-3,7-9H2,1H3. The zero-order valence-electron chi connectivity index (χ0n) is 10.5. The summed E-state index contributed by atoms with van der Waals surface area (Å²) in [6.07, 6.45) is 4.16. The molecule has 1 saturated carbocycles. The van der Waals surface area contributed by atoms with Gasteiger partial charge in [-0.05, 0) is 31.9 Å². The molecule has 4 heteroatoms. The summed E-state index contributed by atoms with van der Waals surface area (Å²) in [7, 11) is 0. The van der Waals surface area contributed by atoms with Crippen LogP contribution in [0.2, 0.25) is 0 Å². The zero-order valence-corrected chi connectivity index (χ0v) is 10.5. The highest BCUT2D eigenvalue weighted by atomic mass is 16.2. The van der Waals surface area contributed by atoms with Crippen LogP contribution in [0.4, 0.5) is 5.82 Å². The van der Waals surface area contributed by atoms with Gasteiger partial charge in [0, 0.05) is 12.1 Å². The van der Waals surface area contributed by atoms with Crippen molar-refractivity contribution in [3.05, 3.63) is 23.9 Å². The van der Waals surface area contributed by atoms with Crippen LogP contribution in [0.3, 0.4) is 0 Å². The van der Waals surface area contributed by atoms with Gasteiger partial charge in [-0.15, -0.1) is 0 Å². The average molecular weight is 244 g/mol. The minimum atomic E-state index is -0.414. The molecule has 0 bridgehead atoms. The summed E-state index contributed by atoms with van der Waals surface area (Å²) in [6, 6.07) is 5.43. The molecule has 0 unspecified atom stereocenters. The molecule has 0 aromatic carbocycles. The highest BCUT2D eigenvalue weighted by Gasteiger charge is 2.53. The number of hydrogen-bond acceptors (Lipinski definition) is 3. The van der Waals surface area contributed by atoms with E-state index in [4.69, 9.17) is 0 Å². The van der Waals surface area contributed by atoms with E-state index in [0.29, 0.717) is 12.2 Å². The number of aromatic nitrogens is 1. The van der Waals surface area contributed by atoms with Crippen molar-refractivity contribution in [2.75, 3.05) is 4.90 Å². The molecule has 3 rings (SSSR count). The van der Waals surface area contributed by atoms with E-state index in [1.165, 1.54) is 4.90 Å². The van der Waals surface area contributed by atoms with E-state index in [1.54, 1.807) is 6.07 Å². The van der Waals surface area contributed by atoms with Gasteiger partial charge < -0.3 is 0 Å². The minimum Gasteiger partial charge on any atom is -0.274 e. The molecule has 1 saturated heterocycles. The molecule has 1 spiro atoms. The fourth-order valence-corrected chi connectivity index (χ4v) is 3.12. The molecular formula is C14H16N2O2. The summed E-state index contributed by atoms with van der Waals surface area (Å²) in [5.74, 6) is 0.344. The SMILES string of the molecule is Cc1cccc(N2C(=O)CC3(CCCC3)C2=O)n1. The molecule has 18 heavy (non-hydrogen) atoms. The number of amides is 2. The molecule has 1 aromatic heterocycles. The molecule has 2 aliphatic rings. The Hall–Kier alpha value is -1.71. The van der Waals surface area contributed by atoms with Crippen molar-refractivity contribution in [3.63, 3.8) is 0 Å². The first-order chi connectivity index (χ1) is 8.62. The predicted molar refractivity (Wildman–Crippen MR) is 67.0 cm³/mol. The van der Waals surface area contributed by atoms with E-state index >= 15 is 0 Å². The van der Waals surface area contributed by atoms with Crippen LogP contribution in [0.15, 0.2) is 18.2 Å². The molecule has 1 aliphatic heterocycles. The molecule has 94 valence electrons. The quantitative estimate of drug-likeness (QED) is 0.712. The molecule has 2 amide bonds. The Bertz CT molecular complexity index is 518. The number of pyridine rings is 1. The third kappa shape index (κ3) is 1.55. The van der Waals surface area contributed by atoms with Crippen molar-refractivity contribution in [2.24, 2.45) is 5.41 Å². The van der Waals surface area contributed by atoms with Crippen LogP contribution >= 0.6 is 0 Å². The monoisotopic (exact) mass is 244 g/mol. The summed E-state index contributed by atoms with van der Waals surface area (Å²) in [6.45, 7) is 1.86. The molecule has 2 fully saturated rings. The van der Waals surface area contributed by atoms with E-state index in [2.05, 4.69) is 4.98 Å². The number of carbonyl (C=O) groups excluding carboxylic acids is 2. The second kappa shape index (κ2) is 3.90. The Kier molecular flexibility index (Phi) is 2.47. The topological polar surface area (TPSA) is 50.3 Å².